The van der Waals surface area contributed by atoms with Crippen LogP contribution >= 0.6 is 0 Å². The molecule has 3 nitrogen and oxygen atoms in total. The predicted octanol–water partition coefficient (Wildman–Crippen LogP) is 4.94. The van der Waals surface area contributed by atoms with Crippen LogP contribution in [0.4, 0.5) is 5.69 Å². The number of anilines is 1. The summed E-state index contributed by atoms with van der Waals surface area (Å²) in [6.45, 7) is 3.63. The normalized spacial score (nSPS) is 11.0. The van der Waals surface area contributed by atoms with Crippen molar-refractivity contribution < 1.29 is 10.2 Å². The second-order valence-electron chi connectivity index (χ2n) is 7.03. The van der Waals surface area contributed by atoms with Crippen LogP contribution in [0.5, 0.6) is 0 Å². The summed E-state index contributed by atoms with van der Waals surface area (Å²) < 4.78 is 0. The van der Waals surface area contributed by atoms with Crippen molar-refractivity contribution in [2.75, 3.05) is 31.2 Å². The van der Waals surface area contributed by atoms with E-state index in [0.717, 1.165) is 12.1 Å². The van der Waals surface area contributed by atoms with Gasteiger partial charge in [0.25, 0.3) is 0 Å². The molecule has 0 spiro atoms. The largest absolute Gasteiger partial charge is 0.395 e. The molecule has 0 radical (unpaired) electrons. The molecule has 144 valence electrons. The van der Waals surface area contributed by atoms with Crippen LogP contribution in [-0.2, 0) is 6.42 Å². The lowest BCUT2D eigenvalue weighted by Gasteiger charge is -2.23. The number of unbranched alkanes of at least 4 members (excludes halogenated alkanes) is 9. The van der Waals surface area contributed by atoms with Gasteiger partial charge in [-0.1, -0.05) is 76.8 Å². The summed E-state index contributed by atoms with van der Waals surface area (Å²) in [5.41, 5.74) is 2.46. The smallest absolute Gasteiger partial charge is 0.0606 e. The van der Waals surface area contributed by atoms with Crippen molar-refractivity contribution in [3.05, 3.63) is 29.8 Å². The molecule has 0 atom stereocenters. The number of hydrogen-bond acceptors (Lipinski definition) is 3. The van der Waals surface area contributed by atoms with Crippen LogP contribution in [0, 0.1) is 0 Å². The Kier molecular flexibility index (Phi) is 13.4. The number of hydrogen-bond donors (Lipinski definition) is 2. The van der Waals surface area contributed by atoms with Crippen LogP contribution in [-0.4, -0.2) is 36.5 Å². The monoisotopic (exact) mass is 349 g/mol. The number of aliphatic hydroxyl groups is 2. The van der Waals surface area contributed by atoms with Gasteiger partial charge in [-0.25, -0.2) is 0 Å². The number of benzene rings is 1. The minimum Gasteiger partial charge on any atom is -0.395 e. The number of nitrogens with zero attached hydrogens (tertiary/aromatic N) is 1. The Morgan fingerprint density at radius 1 is 0.680 bits per heavy atom. The van der Waals surface area contributed by atoms with E-state index in [0.29, 0.717) is 13.1 Å². The molecule has 0 fully saturated rings. The first-order valence-corrected chi connectivity index (χ1v) is 10.4. The highest BCUT2D eigenvalue weighted by Gasteiger charge is 2.05. The fourth-order valence-corrected chi connectivity index (χ4v) is 3.30. The molecule has 0 aliphatic carbocycles. The summed E-state index contributed by atoms with van der Waals surface area (Å²) in [6.07, 6.45) is 14.9. The van der Waals surface area contributed by atoms with E-state index < -0.39 is 0 Å². The van der Waals surface area contributed by atoms with Gasteiger partial charge in [0, 0.05) is 18.8 Å². The molecule has 1 aromatic rings. The zero-order chi connectivity index (χ0) is 18.2. The maximum absolute atomic E-state index is 9.11. The minimum atomic E-state index is 0.111. The van der Waals surface area contributed by atoms with Crippen molar-refractivity contribution in [3.8, 4) is 0 Å². The van der Waals surface area contributed by atoms with Crippen LogP contribution in [0.1, 0.15) is 76.7 Å². The van der Waals surface area contributed by atoms with Gasteiger partial charge >= 0.3 is 0 Å². The first-order valence-electron chi connectivity index (χ1n) is 10.4. The number of aryl methyl sites for hydroxylation is 1. The van der Waals surface area contributed by atoms with Crippen molar-refractivity contribution in [2.45, 2.75) is 77.6 Å². The standard InChI is InChI=1S/C22H39NO2/c1-2-3-4-5-6-7-8-9-10-11-12-21-13-15-22(16-14-21)23(17-19-24)18-20-25/h13-16,24-25H,2-12,17-20H2,1H3. The van der Waals surface area contributed by atoms with E-state index in [9.17, 15) is 0 Å². The fourth-order valence-electron chi connectivity index (χ4n) is 3.30. The van der Waals surface area contributed by atoms with E-state index >= 15 is 0 Å². The van der Waals surface area contributed by atoms with Crippen molar-refractivity contribution >= 4 is 5.69 Å². The van der Waals surface area contributed by atoms with Crippen LogP contribution in [0.2, 0.25) is 0 Å². The Morgan fingerprint density at radius 3 is 1.64 bits per heavy atom. The molecule has 0 aliphatic rings. The van der Waals surface area contributed by atoms with E-state index in [2.05, 4.69) is 31.2 Å². The molecular formula is C22H39NO2. The summed E-state index contributed by atoms with van der Waals surface area (Å²) in [5, 5.41) is 18.2. The second kappa shape index (κ2) is 15.2. The third-order valence-corrected chi connectivity index (χ3v) is 4.86. The highest BCUT2D eigenvalue weighted by molar-refractivity contribution is 5.47. The molecule has 0 amide bonds. The predicted molar refractivity (Wildman–Crippen MR) is 108 cm³/mol. The van der Waals surface area contributed by atoms with Gasteiger partial charge < -0.3 is 15.1 Å². The molecule has 0 aliphatic heterocycles. The molecule has 0 saturated heterocycles. The van der Waals surface area contributed by atoms with Crippen molar-refractivity contribution in [1.82, 2.24) is 0 Å². The van der Waals surface area contributed by atoms with Gasteiger partial charge in [-0.15, -0.1) is 0 Å². The van der Waals surface area contributed by atoms with E-state index in [1.165, 1.54) is 69.8 Å². The van der Waals surface area contributed by atoms with Crippen LogP contribution in [0.15, 0.2) is 24.3 Å². The van der Waals surface area contributed by atoms with Crippen LogP contribution in [0.3, 0.4) is 0 Å². The van der Waals surface area contributed by atoms with Gasteiger partial charge in [0.15, 0.2) is 0 Å². The lowest BCUT2D eigenvalue weighted by molar-refractivity contribution is 0.281. The van der Waals surface area contributed by atoms with E-state index in [1.807, 2.05) is 4.90 Å². The van der Waals surface area contributed by atoms with Crippen molar-refractivity contribution in [2.24, 2.45) is 0 Å². The molecule has 0 saturated carbocycles. The Labute approximate surface area is 155 Å². The summed E-state index contributed by atoms with van der Waals surface area (Å²) in [4.78, 5) is 2.02. The molecule has 0 heterocycles. The first kappa shape index (κ1) is 22.0. The molecule has 3 heteroatoms. The van der Waals surface area contributed by atoms with Gasteiger partial charge in [0.05, 0.1) is 13.2 Å². The van der Waals surface area contributed by atoms with Gasteiger partial charge in [0.2, 0.25) is 0 Å². The summed E-state index contributed by atoms with van der Waals surface area (Å²) in [7, 11) is 0. The average Bonchev–Trinajstić information content (AvgIpc) is 2.64. The van der Waals surface area contributed by atoms with Crippen LogP contribution < -0.4 is 4.90 Å². The number of rotatable bonds is 16. The molecule has 2 N–H and O–H groups in total. The average molecular weight is 350 g/mol. The van der Waals surface area contributed by atoms with Crippen molar-refractivity contribution in [3.63, 3.8) is 0 Å². The summed E-state index contributed by atoms with van der Waals surface area (Å²) in [5.74, 6) is 0. The maximum Gasteiger partial charge on any atom is 0.0606 e. The zero-order valence-corrected chi connectivity index (χ0v) is 16.3. The Bertz CT molecular complexity index is 399. The maximum atomic E-state index is 9.11. The lowest BCUT2D eigenvalue weighted by Crippen LogP contribution is -2.29. The third-order valence-electron chi connectivity index (χ3n) is 4.86. The van der Waals surface area contributed by atoms with E-state index in [-0.39, 0.29) is 13.2 Å². The topological polar surface area (TPSA) is 43.7 Å². The van der Waals surface area contributed by atoms with Gasteiger partial charge in [-0.05, 0) is 30.5 Å². The van der Waals surface area contributed by atoms with Gasteiger partial charge in [0.1, 0.15) is 0 Å². The molecule has 1 rings (SSSR count). The molecule has 0 aromatic heterocycles. The highest BCUT2D eigenvalue weighted by atomic mass is 16.3. The number of aliphatic hydroxyl groups excluding tert-OH is 2. The zero-order valence-electron chi connectivity index (χ0n) is 16.3. The van der Waals surface area contributed by atoms with E-state index in [1.54, 1.807) is 0 Å². The van der Waals surface area contributed by atoms with Gasteiger partial charge in [-0.2, -0.15) is 0 Å². The molecule has 0 unspecified atom stereocenters. The second-order valence-corrected chi connectivity index (χ2v) is 7.03. The van der Waals surface area contributed by atoms with Gasteiger partial charge in [-0.3, -0.25) is 0 Å². The quantitative estimate of drug-likeness (QED) is 0.415. The van der Waals surface area contributed by atoms with Crippen molar-refractivity contribution in [1.29, 1.82) is 0 Å². The van der Waals surface area contributed by atoms with E-state index in [4.69, 9.17) is 10.2 Å². The Morgan fingerprint density at radius 2 is 1.16 bits per heavy atom. The van der Waals surface area contributed by atoms with Crippen LogP contribution in [0.25, 0.3) is 0 Å². The summed E-state index contributed by atoms with van der Waals surface area (Å²) >= 11 is 0. The third kappa shape index (κ3) is 10.5. The Balaban J connectivity index is 2.13. The first-order chi connectivity index (χ1) is 12.3. The minimum absolute atomic E-state index is 0.111. The fraction of sp³-hybridized carbons (Fsp3) is 0.727. The highest BCUT2D eigenvalue weighted by Crippen LogP contribution is 2.17. The SMILES string of the molecule is CCCCCCCCCCCCc1ccc(N(CCO)CCO)cc1. The molecule has 0 bridgehead atoms. The molecule has 25 heavy (non-hydrogen) atoms. The molecule has 1 aromatic carbocycles. The Hall–Kier alpha value is -1.06. The lowest BCUT2D eigenvalue weighted by atomic mass is 10.0. The summed E-state index contributed by atoms with van der Waals surface area (Å²) in [6, 6.07) is 8.59. The molecular weight excluding hydrogens is 310 g/mol.